The zero-order valence-electron chi connectivity index (χ0n) is 15.4. The smallest absolute Gasteiger partial charge is 0.252 e. The van der Waals surface area contributed by atoms with E-state index in [1.54, 1.807) is 23.9 Å². The molecular formula is C21H20N4O2S. The molecule has 2 aromatic carbocycles. The van der Waals surface area contributed by atoms with E-state index in [2.05, 4.69) is 21.9 Å². The van der Waals surface area contributed by atoms with Crippen LogP contribution in [-0.4, -0.2) is 24.2 Å². The van der Waals surface area contributed by atoms with Crippen LogP contribution in [0.3, 0.4) is 0 Å². The van der Waals surface area contributed by atoms with Crippen molar-refractivity contribution in [1.29, 1.82) is 5.26 Å². The minimum Gasteiger partial charge on any atom is -0.383 e. The number of hydrogen-bond donors (Lipinski definition) is 2. The lowest BCUT2D eigenvalue weighted by Gasteiger charge is -2.10. The van der Waals surface area contributed by atoms with Gasteiger partial charge in [0.2, 0.25) is 0 Å². The minimum atomic E-state index is -0.113. The first-order valence-electron chi connectivity index (χ1n) is 8.82. The van der Waals surface area contributed by atoms with Gasteiger partial charge in [0.05, 0.1) is 28.6 Å². The highest BCUT2D eigenvalue weighted by Gasteiger charge is 2.12. The fourth-order valence-corrected chi connectivity index (χ4v) is 3.48. The van der Waals surface area contributed by atoms with Crippen molar-refractivity contribution in [3.05, 3.63) is 77.2 Å². The molecule has 6 nitrogen and oxygen atoms in total. The molecule has 0 saturated heterocycles. The van der Waals surface area contributed by atoms with Gasteiger partial charge in [0, 0.05) is 29.7 Å². The molecule has 0 aliphatic rings. The van der Waals surface area contributed by atoms with E-state index in [0.29, 0.717) is 30.0 Å². The number of hydrogen-bond acceptors (Lipinski definition) is 6. The molecule has 0 bridgehead atoms. The van der Waals surface area contributed by atoms with Crippen LogP contribution in [0, 0.1) is 18.3 Å². The van der Waals surface area contributed by atoms with E-state index in [1.807, 2.05) is 49.4 Å². The summed E-state index contributed by atoms with van der Waals surface area (Å²) in [7, 11) is 0. The topological polar surface area (TPSA) is 91.0 Å². The number of carbonyl (C=O) groups is 1. The summed E-state index contributed by atoms with van der Waals surface area (Å²) in [5.41, 5.74) is 3.01. The van der Waals surface area contributed by atoms with Crippen LogP contribution in [0.2, 0.25) is 0 Å². The van der Waals surface area contributed by atoms with E-state index in [-0.39, 0.29) is 5.91 Å². The molecule has 0 unspecified atom stereocenters. The Morgan fingerprint density at radius 3 is 2.68 bits per heavy atom. The molecule has 1 aromatic heterocycles. The van der Waals surface area contributed by atoms with Gasteiger partial charge in [-0.05, 0) is 43.3 Å². The van der Waals surface area contributed by atoms with E-state index >= 15 is 0 Å². The van der Waals surface area contributed by atoms with Gasteiger partial charge in [0.15, 0.2) is 0 Å². The summed E-state index contributed by atoms with van der Waals surface area (Å²) in [6.07, 6.45) is 0. The van der Waals surface area contributed by atoms with Gasteiger partial charge in [0.25, 0.3) is 5.91 Å². The summed E-state index contributed by atoms with van der Waals surface area (Å²) >= 11 is 1.54. The minimum absolute atomic E-state index is 0.113. The predicted octanol–water partition coefficient (Wildman–Crippen LogP) is 3.99. The number of aromatic nitrogens is 1. The Morgan fingerprint density at radius 1 is 1.18 bits per heavy atom. The van der Waals surface area contributed by atoms with Crippen LogP contribution in [0.25, 0.3) is 0 Å². The first kappa shape index (κ1) is 19.5. The number of nitrogens with zero attached hydrogens (tertiary/aromatic N) is 2. The average molecular weight is 392 g/mol. The third-order valence-corrected chi connectivity index (χ3v) is 5.03. The molecule has 0 radical (unpaired) electrons. The Hall–Kier alpha value is -3.24. The second-order valence-corrected chi connectivity index (χ2v) is 7.11. The Balaban J connectivity index is 1.50. The fourth-order valence-electron chi connectivity index (χ4n) is 2.55. The zero-order chi connectivity index (χ0) is 19.8. The molecule has 3 rings (SSSR count). The van der Waals surface area contributed by atoms with Crippen LogP contribution in [0.5, 0.6) is 0 Å². The summed E-state index contributed by atoms with van der Waals surface area (Å²) in [5, 5.41) is 18.8. The molecule has 0 aliphatic heterocycles. The lowest BCUT2D eigenvalue weighted by atomic mass is 10.2. The Bertz CT molecular complexity index is 977. The van der Waals surface area contributed by atoms with Gasteiger partial charge in [-0.25, -0.2) is 0 Å². The van der Waals surface area contributed by atoms with Crippen molar-refractivity contribution >= 4 is 23.4 Å². The molecular weight excluding hydrogens is 372 g/mol. The van der Waals surface area contributed by atoms with Crippen LogP contribution in [0.4, 0.5) is 5.69 Å². The van der Waals surface area contributed by atoms with Gasteiger partial charge in [-0.3, -0.25) is 4.79 Å². The van der Waals surface area contributed by atoms with Gasteiger partial charge in [-0.2, -0.15) is 5.26 Å². The van der Waals surface area contributed by atoms with Crippen LogP contribution < -0.4 is 10.6 Å². The van der Waals surface area contributed by atoms with E-state index < -0.39 is 0 Å². The highest BCUT2D eigenvalue weighted by Crippen LogP contribution is 2.26. The molecule has 1 heterocycles. The van der Waals surface area contributed by atoms with Gasteiger partial charge in [0.1, 0.15) is 5.76 Å². The SMILES string of the molecule is Cc1cc(CSc2ccccc2C(=O)NCCNc2ccc(C#N)cc2)on1. The first-order valence-corrected chi connectivity index (χ1v) is 9.80. The van der Waals surface area contributed by atoms with Gasteiger partial charge in [-0.15, -0.1) is 11.8 Å². The fraction of sp³-hybridized carbons (Fsp3) is 0.190. The van der Waals surface area contributed by atoms with E-state index in [0.717, 1.165) is 22.0 Å². The Morgan fingerprint density at radius 2 is 1.96 bits per heavy atom. The van der Waals surface area contributed by atoms with E-state index in [4.69, 9.17) is 9.78 Å². The van der Waals surface area contributed by atoms with Crippen molar-refractivity contribution in [2.45, 2.75) is 17.6 Å². The number of benzene rings is 2. The number of amides is 1. The average Bonchev–Trinajstić information content (AvgIpc) is 3.15. The van der Waals surface area contributed by atoms with Crippen molar-refractivity contribution < 1.29 is 9.32 Å². The molecule has 7 heteroatoms. The molecule has 1 amide bonds. The van der Waals surface area contributed by atoms with Gasteiger partial charge >= 0.3 is 0 Å². The normalized spacial score (nSPS) is 10.3. The summed E-state index contributed by atoms with van der Waals surface area (Å²) in [6, 6.07) is 18.7. The van der Waals surface area contributed by atoms with Crippen LogP contribution in [-0.2, 0) is 5.75 Å². The maximum Gasteiger partial charge on any atom is 0.252 e. The number of anilines is 1. The highest BCUT2D eigenvalue weighted by molar-refractivity contribution is 7.98. The number of aryl methyl sites for hydroxylation is 1. The van der Waals surface area contributed by atoms with Crippen molar-refractivity contribution in [3.8, 4) is 6.07 Å². The van der Waals surface area contributed by atoms with Crippen LogP contribution >= 0.6 is 11.8 Å². The first-order chi connectivity index (χ1) is 13.7. The summed E-state index contributed by atoms with van der Waals surface area (Å²) in [6.45, 7) is 2.95. The van der Waals surface area contributed by atoms with Crippen molar-refractivity contribution in [1.82, 2.24) is 10.5 Å². The zero-order valence-corrected chi connectivity index (χ0v) is 16.3. The Labute approximate surface area is 167 Å². The predicted molar refractivity (Wildman–Crippen MR) is 109 cm³/mol. The second kappa shape index (κ2) is 9.62. The summed E-state index contributed by atoms with van der Waals surface area (Å²) in [4.78, 5) is 13.4. The lowest BCUT2D eigenvalue weighted by molar-refractivity contribution is 0.0952. The summed E-state index contributed by atoms with van der Waals surface area (Å²) < 4.78 is 5.22. The van der Waals surface area contributed by atoms with Gasteiger partial charge < -0.3 is 15.2 Å². The standard InChI is InChI=1S/C21H20N4O2S/c1-15-12-18(27-25-15)14-28-20-5-3-2-4-19(20)21(26)24-11-10-23-17-8-6-16(13-22)7-9-17/h2-9,12,23H,10-11,14H2,1H3,(H,24,26). The van der Waals surface area contributed by atoms with Crippen LogP contribution in [0.1, 0.15) is 27.4 Å². The van der Waals surface area contributed by atoms with E-state index in [9.17, 15) is 4.79 Å². The number of rotatable bonds is 8. The maximum atomic E-state index is 12.6. The molecule has 0 saturated carbocycles. The molecule has 2 N–H and O–H groups in total. The molecule has 0 aliphatic carbocycles. The second-order valence-electron chi connectivity index (χ2n) is 6.09. The third-order valence-electron chi connectivity index (χ3n) is 3.93. The number of thioether (sulfide) groups is 1. The molecule has 0 fully saturated rings. The van der Waals surface area contributed by atoms with E-state index in [1.165, 1.54) is 0 Å². The summed E-state index contributed by atoms with van der Waals surface area (Å²) in [5.74, 6) is 1.29. The quantitative estimate of drug-likeness (QED) is 0.445. The number of nitrogens with one attached hydrogen (secondary N) is 2. The molecule has 3 aromatic rings. The molecule has 142 valence electrons. The number of carbonyl (C=O) groups excluding carboxylic acids is 1. The largest absolute Gasteiger partial charge is 0.383 e. The number of nitriles is 1. The third kappa shape index (κ3) is 5.38. The monoisotopic (exact) mass is 392 g/mol. The highest BCUT2D eigenvalue weighted by atomic mass is 32.2. The van der Waals surface area contributed by atoms with Crippen molar-refractivity contribution in [3.63, 3.8) is 0 Å². The van der Waals surface area contributed by atoms with Crippen molar-refractivity contribution in [2.24, 2.45) is 0 Å². The molecule has 28 heavy (non-hydrogen) atoms. The molecule has 0 spiro atoms. The van der Waals surface area contributed by atoms with Crippen molar-refractivity contribution in [2.75, 3.05) is 18.4 Å². The van der Waals surface area contributed by atoms with Crippen LogP contribution in [0.15, 0.2) is 64.0 Å². The van der Waals surface area contributed by atoms with Gasteiger partial charge in [-0.1, -0.05) is 17.3 Å². The Kier molecular flexibility index (Phi) is 6.71. The maximum absolute atomic E-state index is 12.6. The lowest BCUT2D eigenvalue weighted by Crippen LogP contribution is -2.29. The molecule has 0 atom stereocenters.